The average molecular weight is 575 g/mol. The van der Waals surface area contributed by atoms with Crippen LogP contribution in [-0.4, -0.2) is 72.7 Å². The predicted molar refractivity (Wildman–Crippen MR) is 150 cm³/mol. The van der Waals surface area contributed by atoms with E-state index in [1.54, 1.807) is 34.7 Å². The molecule has 0 spiro atoms. The number of halogens is 2. The van der Waals surface area contributed by atoms with Crippen molar-refractivity contribution >= 4 is 28.1 Å². The van der Waals surface area contributed by atoms with Crippen LogP contribution in [0.5, 0.6) is 23.1 Å². The second-order valence-electron chi connectivity index (χ2n) is 10.7. The summed E-state index contributed by atoms with van der Waals surface area (Å²) < 4.78 is 50.0. The van der Waals surface area contributed by atoms with Crippen LogP contribution in [0.25, 0.3) is 16.6 Å². The molecule has 5 aromatic rings. The molecule has 1 aliphatic heterocycles. The molecule has 0 bridgehead atoms. The summed E-state index contributed by atoms with van der Waals surface area (Å²) in [6.45, 7) is 2.03. The average Bonchev–Trinajstić information content (AvgIpc) is 3.65. The molecular weight excluding hydrogens is 546 g/mol. The van der Waals surface area contributed by atoms with Crippen molar-refractivity contribution in [2.24, 2.45) is 0 Å². The number of hydrogen-bond donors (Lipinski definition) is 1. The third-order valence-electron chi connectivity index (χ3n) is 7.32. The largest absolute Gasteiger partial charge is 0.487 e. The number of fused-ring (bicyclic) bond motifs is 2. The first-order chi connectivity index (χ1) is 20.3. The maximum absolute atomic E-state index is 15.1. The molecule has 0 amide bonds. The fourth-order valence-electron chi connectivity index (χ4n) is 5.01. The first-order valence-corrected chi connectivity index (χ1v) is 13.7. The van der Waals surface area contributed by atoms with Gasteiger partial charge in [0.25, 0.3) is 5.92 Å². The highest BCUT2D eigenvalue weighted by Crippen LogP contribution is 2.44. The zero-order valence-electron chi connectivity index (χ0n) is 23.0. The van der Waals surface area contributed by atoms with Gasteiger partial charge in [0.2, 0.25) is 5.88 Å². The monoisotopic (exact) mass is 574 g/mol. The van der Waals surface area contributed by atoms with E-state index in [0.29, 0.717) is 52.0 Å². The van der Waals surface area contributed by atoms with E-state index >= 15 is 8.78 Å². The Hall–Kier alpha value is -4.65. The summed E-state index contributed by atoms with van der Waals surface area (Å²) in [7, 11) is 1.68. The molecule has 4 heterocycles. The van der Waals surface area contributed by atoms with Crippen molar-refractivity contribution in [3.63, 3.8) is 0 Å². The Morgan fingerprint density at radius 2 is 1.81 bits per heavy atom. The van der Waals surface area contributed by atoms with E-state index in [2.05, 4.69) is 30.4 Å². The van der Waals surface area contributed by atoms with Crippen LogP contribution >= 0.6 is 0 Å². The number of benzene rings is 2. The van der Waals surface area contributed by atoms with Crippen LogP contribution in [0.4, 0.5) is 20.3 Å². The summed E-state index contributed by atoms with van der Waals surface area (Å²) in [6.07, 6.45) is 5.14. The number of hydrogen-bond acceptors (Lipinski definition) is 10. The van der Waals surface area contributed by atoms with Crippen molar-refractivity contribution in [1.82, 2.24) is 34.4 Å². The minimum Gasteiger partial charge on any atom is -0.487 e. The Bertz CT molecular complexity index is 1780. The molecule has 13 heteroatoms. The number of anilines is 2. The molecule has 2 aliphatic rings. The van der Waals surface area contributed by atoms with Gasteiger partial charge in [-0.15, -0.1) is 0 Å². The summed E-state index contributed by atoms with van der Waals surface area (Å²) in [5, 5.41) is 7.85. The van der Waals surface area contributed by atoms with Gasteiger partial charge in [-0.2, -0.15) is 5.10 Å². The van der Waals surface area contributed by atoms with E-state index in [1.165, 1.54) is 19.0 Å². The number of aryl methyl sites for hydroxylation is 1. The molecule has 1 aliphatic carbocycles. The molecule has 216 valence electrons. The van der Waals surface area contributed by atoms with Crippen LogP contribution in [-0.2, 0) is 0 Å². The molecule has 1 saturated heterocycles. The molecule has 3 aromatic heterocycles. The maximum atomic E-state index is 15.1. The van der Waals surface area contributed by atoms with Gasteiger partial charge >= 0.3 is 0 Å². The third-order valence-corrected chi connectivity index (χ3v) is 7.32. The molecule has 0 radical (unpaired) electrons. The summed E-state index contributed by atoms with van der Waals surface area (Å²) in [4.78, 5) is 18.9. The lowest BCUT2D eigenvalue weighted by atomic mass is 10.0. The number of ether oxygens (including phenoxy) is 3. The van der Waals surface area contributed by atoms with Crippen LogP contribution in [0.3, 0.4) is 0 Å². The van der Waals surface area contributed by atoms with E-state index in [4.69, 9.17) is 14.2 Å². The number of piperidine rings is 1. The zero-order chi connectivity index (χ0) is 28.8. The Morgan fingerprint density at radius 1 is 0.952 bits per heavy atom. The van der Waals surface area contributed by atoms with E-state index in [-0.39, 0.29) is 24.8 Å². The van der Waals surface area contributed by atoms with Gasteiger partial charge in [-0.3, -0.25) is 0 Å². The van der Waals surface area contributed by atoms with E-state index < -0.39 is 12.0 Å². The molecule has 1 N–H and O–H groups in total. The van der Waals surface area contributed by atoms with Gasteiger partial charge in [0.05, 0.1) is 23.6 Å². The van der Waals surface area contributed by atoms with Crippen molar-refractivity contribution in [3.05, 3.63) is 60.9 Å². The lowest BCUT2D eigenvalue weighted by Gasteiger charge is -2.36. The molecule has 42 heavy (non-hydrogen) atoms. The van der Waals surface area contributed by atoms with Crippen molar-refractivity contribution in [2.75, 3.05) is 25.5 Å². The molecule has 2 aromatic carbocycles. The third kappa shape index (κ3) is 5.22. The number of likely N-dealkylation sites (tertiary alicyclic amines) is 1. The lowest BCUT2D eigenvalue weighted by Crippen LogP contribution is -2.52. The lowest BCUT2D eigenvalue weighted by molar-refractivity contribution is -0.135. The SMILES string of the molecule is Cc1cc(Nc2ncnc3ccc(OC4CC4)c(O[C@@H]4CCN(C)CC4(F)F)c23)ccc1Oc1cc2ncnn2cn1. The topological polar surface area (TPSA) is 112 Å². The fraction of sp³-hybridized carbons (Fsp3) is 0.345. The minimum absolute atomic E-state index is 0.0407. The van der Waals surface area contributed by atoms with Crippen LogP contribution in [0, 0.1) is 6.92 Å². The van der Waals surface area contributed by atoms with Gasteiger partial charge in [0, 0.05) is 24.7 Å². The Kier molecular flexibility index (Phi) is 6.45. The Labute approximate surface area is 239 Å². The normalized spacial score (nSPS) is 18.7. The molecule has 1 saturated carbocycles. The van der Waals surface area contributed by atoms with Gasteiger partial charge in [0.1, 0.15) is 30.5 Å². The van der Waals surface area contributed by atoms with Gasteiger partial charge in [-0.25, -0.2) is 33.2 Å². The molecule has 1 atom stereocenters. The predicted octanol–water partition coefficient (Wildman–Crippen LogP) is 5.17. The highest BCUT2D eigenvalue weighted by Gasteiger charge is 2.46. The minimum atomic E-state index is -3.03. The fourth-order valence-corrected chi connectivity index (χ4v) is 5.01. The second kappa shape index (κ2) is 10.3. The highest BCUT2D eigenvalue weighted by atomic mass is 19.3. The van der Waals surface area contributed by atoms with Crippen molar-refractivity contribution in [1.29, 1.82) is 0 Å². The van der Waals surface area contributed by atoms with Crippen LogP contribution < -0.4 is 19.5 Å². The first-order valence-electron chi connectivity index (χ1n) is 13.7. The van der Waals surface area contributed by atoms with Crippen molar-refractivity contribution < 1.29 is 23.0 Å². The van der Waals surface area contributed by atoms with E-state index in [9.17, 15) is 0 Å². The smallest absolute Gasteiger partial charge is 0.296 e. The first kappa shape index (κ1) is 26.3. The van der Waals surface area contributed by atoms with Gasteiger partial charge in [0.15, 0.2) is 23.3 Å². The summed E-state index contributed by atoms with van der Waals surface area (Å²) in [6, 6.07) is 10.8. The standard InChI is InChI=1S/C29H28F2N8O3/c1-17-11-18(3-7-21(17)41-25-12-24-33-15-36-39(24)16-35-25)37-28-26-20(32-14-34-28)6-8-22(40-19-4-5-19)27(26)42-23-9-10-38(2)13-29(23,30)31/h3,6-8,11-12,14-16,19,23H,4-5,9-10,13H2,1-2H3,(H,32,34,37)/t23-/m1/s1. The van der Waals surface area contributed by atoms with E-state index in [1.807, 2.05) is 25.1 Å². The molecule has 7 rings (SSSR count). The van der Waals surface area contributed by atoms with Crippen LogP contribution in [0.1, 0.15) is 24.8 Å². The van der Waals surface area contributed by atoms with Gasteiger partial charge in [-0.1, -0.05) is 0 Å². The zero-order valence-corrected chi connectivity index (χ0v) is 23.0. The Balaban J connectivity index is 1.21. The summed E-state index contributed by atoms with van der Waals surface area (Å²) in [5.41, 5.74) is 2.72. The van der Waals surface area contributed by atoms with Crippen molar-refractivity contribution in [3.8, 4) is 23.1 Å². The Morgan fingerprint density at radius 3 is 2.62 bits per heavy atom. The van der Waals surface area contributed by atoms with E-state index in [0.717, 1.165) is 18.4 Å². The molecule has 11 nitrogen and oxygen atoms in total. The number of alkyl halides is 2. The maximum Gasteiger partial charge on any atom is 0.296 e. The number of aromatic nitrogens is 6. The highest BCUT2D eigenvalue weighted by molar-refractivity contribution is 5.97. The quantitative estimate of drug-likeness (QED) is 0.266. The summed E-state index contributed by atoms with van der Waals surface area (Å²) >= 11 is 0. The summed E-state index contributed by atoms with van der Waals surface area (Å²) in [5.74, 6) is -0.984. The van der Waals surface area contributed by atoms with Gasteiger partial charge in [-0.05, 0) is 62.7 Å². The number of nitrogens with one attached hydrogen (secondary N) is 1. The number of rotatable bonds is 8. The van der Waals surface area contributed by atoms with Crippen molar-refractivity contribution in [2.45, 2.75) is 44.3 Å². The van der Waals surface area contributed by atoms with Gasteiger partial charge < -0.3 is 24.4 Å². The number of nitrogens with zero attached hydrogens (tertiary/aromatic N) is 7. The molecule has 2 fully saturated rings. The van der Waals surface area contributed by atoms with Crippen LogP contribution in [0.15, 0.2) is 55.4 Å². The second-order valence-corrected chi connectivity index (χ2v) is 10.7. The van der Waals surface area contributed by atoms with Crippen LogP contribution in [0.2, 0.25) is 0 Å². The molecular formula is C29H28F2N8O3. The molecule has 0 unspecified atom stereocenters.